The first kappa shape index (κ1) is 16.4. The molecule has 0 aliphatic carbocycles. The van der Waals surface area contributed by atoms with Crippen LogP contribution in [0.2, 0.25) is 5.02 Å². The summed E-state index contributed by atoms with van der Waals surface area (Å²) < 4.78 is 0. The van der Waals surface area contributed by atoms with Crippen molar-refractivity contribution in [3.63, 3.8) is 0 Å². The van der Waals surface area contributed by atoms with Crippen LogP contribution in [0.25, 0.3) is 6.08 Å². The lowest BCUT2D eigenvalue weighted by Crippen LogP contribution is -2.36. The minimum atomic E-state index is -0.485. The molecule has 1 aromatic carbocycles. The minimum Gasteiger partial charge on any atom is -0.362 e. The van der Waals surface area contributed by atoms with Crippen LogP contribution in [-0.4, -0.2) is 33.5 Å². The number of carbonyl (C=O) groups is 3. The van der Waals surface area contributed by atoms with Crippen molar-refractivity contribution in [1.82, 2.24) is 9.88 Å². The predicted octanol–water partition coefficient (Wildman–Crippen LogP) is 3.34. The highest BCUT2D eigenvalue weighted by Gasteiger charge is 2.36. The third-order valence-electron chi connectivity index (χ3n) is 3.19. The van der Waals surface area contributed by atoms with E-state index in [0.29, 0.717) is 16.4 Å². The average molecular weight is 362 g/mol. The summed E-state index contributed by atoms with van der Waals surface area (Å²) in [6.07, 6.45) is 3.30. The molecule has 1 fully saturated rings. The lowest BCUT2D eigenvalue weighted by atomic mass is 10.3. The van der Waals surface area contributed by atoms with Gasteiger partial charge in [-0.1, -0.05) is 17.7 Å². The standard InChI is InChI=1S/C16H12ClN3O3S/c17-10-3-1-4-12(7-10)19-14(21)9-20-15(22)13(24-16(20)23)8-11-5-2-6-18-11/h1-8,18H,9H2,(H,19,21)/b13-8+. The molecule has 0 unspecified atom stereocenters. The molecule has 6 nitrogen and oxygen atoms in total. The average Bonchev–Trinajstić information content (AvgIpc) is 3.12. The van der Waals surface area contributed by atoms with Gasteiger partial charge in [0.1, 0.15) is 6.54 Å². The molecule has 0 saturated carbocycles. The van der Waals surface area contributed by atoms with Gasteiger partial charge >= 0.3 is 0 Å². The van der Waals surface area contributed by atoms with E-state index in [0.717, 1.165) is 16.7 Å². The van der Waals surface area contributed by atoms with Crippen LogP contribution in [-0.2, 0) is 9.59 Å². The summed E-state index contributed by atoms with van der Waals surface area (Å²) in [5.41, 5.74) is 1.21. The maximum Gasteiger partial charge on any atom is 0.294 e. The Labute approximate surface area is 146 Å². The molecule has 2 aromatic rings. The summed E-state index contributed by atoms with van der Waals surface area (Å²) >= 11 is 6.66. The van der Waals surface area contributed by atoms with Crippen molar-refractivity contribution in [2.75, 3.05) is 11.9 Å². The van der Waals surface area contributed by atoms with E-state index in [4.69, 9.17) is 11.6 Å². The third-order valence-corrected chi connectivity index (χ3v) is 4.33. The van der Waals surface area contributed by atoms with Gasteiger partial charge in [-0.05, 0) is 48.2 Å². The minimum absolute atomic E-state index is 0.276. The zero-order valence-corrected chi connectivity index (χ0v) is 13.9. The number of H-pyrrole nitrogens is 1. The number of imide groups is 1. The molecule has 1 aliphatic heterocycles. The van der Waals surface area contributed by atoms with Crippen LogP contribution in [0.15, 0.2) is 47.5 Å². The number of hydrogen-bond donors (Lipinski definition) is 2. The molecule has 0 spiro atoms. The van der Waals surface area contributed by atoms with Crippen molar-refractivity contribution in [2.45, 2.75) is 0 Å². The SMILES string of the molecule is O=C(CN1C(=O)S/C(=C/c2ccc[nH]2)C1=O)Nc1cccc(Cl)c1. The highest BCUT2D eigenvalue weighted by atomic mass is 35.5. The van der Waals surface area contributed by atoms with Crippen LogP contribution in [0, 0.1) is 0 Å². The molecular formula is C16H12ClN3O3S. The van der Waals surface area contributed by atoms with E-state index in [2.05, 4.69) is 10.3 Å². The molecule has 122 valence electrons. The van der Waals surface area contributed by atoms with E-state index in [1.54, 1.807) is 48.7 Å². The van der Waals surface area contributed by atoms with Gasteiger partial charge in [-0.2, -0.15) is 0 Å². The lowest BCUT2D eigenvalue weighted by Gasteiger charge is -2.12. The second-order valence-corrected chi connectivity index (χ2v) is 6.38. The van der Waals surface area contributed by atoms with E-state index in [1.165, 1.54) is 0 Å². The fraction of sp³-hybridized carbons (Fsp3) is 0.0625. The Hall–Kier alpha value is -2.51. The molecule has 8 heteroatoms. The van der Waals surface area contributed by atoms with Crippen LogP contribution in [0.4, 0.5) is 10.5 Å². The molecule has 0 radical (unpaired) electrons. The highest BCUT2D eigenvalue weighted by molar-refractivity contribution is 8.18. The number of anilines is 1. The van der Waals surface area contributed by atoms with Crippen molar-refractivity contribution in [2.24, 2.45) is 0 Å². The quantitative estimate of drug-likeness (QED) is 0.818. The van der Waals surface area contributed by atoms with Crippen LogP contribution < -0.4 is 5.32 Å². The Morgan fingerprint density at radius 1 is 1.29 bits per heavy atom. The van der Waals surface area contributed by atoms with Gasteiger partial charge in [0.05, 0.1) is 4.91 Å². The Bertz CT molecular complexity index is 833. The maximum atomic E-state index is 12.3. The number of nitrogens with zero attached hydrogens (tertiary/aromatic N) is 1. The van der Waals surface area contributed by atoms with E-state index in [1.807, 2.05) is 0 Å². The number of benzene rings is 1. The Kier molecular flexibility index (Phi) is 4.73. The smallest absolute Gasteiger partial charge is 0.294 e. The van der Waals surface area contributed by atoms with Crippen molar-refractivity contribution in [3.05, 3.63) is 58.2 Å². The number of aromatic amines is 1. The fourth-order valence-electron chi connectivity index (χ4n) is 2.12. The van der Waals surface area contributed by atoms with Crippen LogP contribution >= 0.6 is 23.4 Å². The molecule has 1 aromatic heterocycles. The van der Waals surface area contributed by atoms with Gasteiger partial charge in [0.2, 0.25) is 5.91 Å². The summed E-state index contributed by atoms with van der Waals surface area (Å²) in [7, 11) is 0. The van der Waals surface area contributed by atoms with Crippen molar-refractivity contribution >= 4 is 52.2 Å². The number of carbonyl (C=O) groups excluding carboxylic acids is 3. The molecule has 24 heavy (non-hydrogen) atoms. The molecule has 2 N–H and O–H groups in total. The number of aromatic nitrogens is 1. The third kappa shape index (κ3) is 3.69. The zero-order chi connectivity index (χ0) is 17.1. The van der Waals surface area contributed by atoms with Crippen molar-refractivity contribution in [3.8, 4) is 0 Å². The molecule has 2 heterocycles. The monoisotopic (exact) mass is 361 g/mol. The van der Waals surface area contributed by atoms with Gasteiger partial charge in [-0.15, -0.1) is 0 Å². The molecule has 3 rings (SSSR count). The summed E-state index contributed by atoms with van der Waals surface area (Å²) in [6, 6.07) is 10.2. The van der Waals surface area contributed by atoms with Gasteiger partial charge in [-0.3, -0.25) is 19.3 Å². The lowest BCUT2D eigenvalue weighted by molar-refractivity contribution is -0.127. The molecule has 3 amide bonds. The van der Waals surface area contributed by atoms with Gasteiger partial charge < -0.3 is 10.3 Å². The first-order chi connectivity index (χ1) is 11.5. The second kappa shape index (κ2) is 6.94. The van der Waals surface area contributed by atoms with Crippen LogP contribution in [0.1, 0.15) is 5.69 Å². The Morgan fingerprint density at radius 3 is 2.83 bits per heavy atom. The molecular weight excluding hydrogens is 350 g/mol. The van der Waals surface area contributed by atoms with Gasteiger partial charge in [0.15, 0.2) is 0 Å². The first-order valence-corrected chi connectivity index (χ1v) is 8.16. The molecule has 0 atom stereocenters. The van der Waals surface area contributed by atoms with Gasteiger partial charge in [0, 0.05) is 22.6 Å². The Balaban J connectivity index is 1.67. The van der Waals surface area contributed by atoms with Crippen LogP contribution in [0.3, 0.4) is 0 Å². The van der Waals surface area contributed by atoms with Crippen molar-refractivity contribution in [1.29, 1.82) is 0 Å². The number of rotatable bonds is 4. The predicted molar refractivity (Wildman–Crippen MR) is 93.6 cm³/mol. The van der Waals surface area contributed by atoms with Crippen molar-refractivity contribution < 1.29 is 14.4 Å². The number of nitrogens with one attached hydrogen (secondary N) is 2. The van der Waals surface area contributed by atoms with E-state index in [9.17, 15) is 14.4 Å². The zero-order valence-electron chi connectivity index (χ0n) is 12.3. The van der Waals surface area contributed by atoms with Gasteiger partial charge in [0.25, 0.3) is 11.1 Å². The number of halogens is 1. The first-order valence-electron chi connectivity index (χ1n) is 6.97. The summed E-state index contributed by atoms with van der Waals surface area (Å²) in [5, 5.41) is 2.61. The maximum absolute atomic E-state index is 12.3. The number of hydrogen-bond acceptors (Lipinski definition) is 4. The topological polar surface area (TPSA) is 82.3 Å². The second-order valence-electron chi connectivity index (χ2n) is 4.95. The fourth-order valence-corrected chi connectivity index (χ4v) is 3.14. The normalized spacial score (nSPS) is 16.0. The molecule has 1 saturated heterocycles. The van der Waals surface area contributed by atoms with E-state index >= 15 is 0 Å². The summed E-state index contributed by atoms with van der Waals surface area (Å²) in [4.78, 5) is 40.4. The number of thioether (sulfide) groups is 1. The summed E-state index contributed by atoms with van der Waals surface area (Å²) in [5.74, 6) is -0.957. The highest BCUT2D eigenvalue weighted by Crippen LogP contribution is 2.31. The van der Waals surface area contributed by atoms with E-state index in [-0.39, 0.29) is 11.4 Å². The molecule has 0 bridgehead atoms. The summed E-state index contributed by atoms with van der Waals surface area (Å²) in [6.45, 7) is -0.348. The van der Waals surface area contributed by atoms with Crippen LogP contribution in [0.5, 0.6) is 0 Å². The Morgan fingerprint density at radius 2 is 2.12 bits per heavy atom. The van der Waals surface area contributed by atoms with Gasteiger partial charge in [-0.25, -0.2) is 0 Å². The largest absolute Gasteiger partial charge is 0.362 e. The number of amides is 3. The van der Waals surface area contributed by atoms with E-state index < -0.39 is 17.1 Å². The molecule has 1 aliphatic rings.